The third kappa shape index (κ3) is 4.90. The largest absolute Gasteiger partial charge is 0.467 e. The molecule has 2 aromatic rings. The van der Waals surface area contributed by atoms with E-state index >= 15 is 0 Å². The molecule has 23 heavy (non-hydrogen) atoms. The molecule has 2 rings (SSSR count). The zero-order valence-electron chi connectivity index (χ0n) is 13.2. The first-order valence-corrected chi connectivity index (χ1v) is 8.87. The van der Waals surface area contributed by atoms with Gasteiger partial charge in [-0.2, -0.15) is 0 Å². The summed E-state index contributed by atoms with van der Waals surface area (Å²) in [5, 5.41) is 5.02. The molecule has 120 valence electrons. The highest BCUT2D eigenvalue weighted by molar-refractivity contribution is 7.73. The standard InChI is InChI=1S/C18H20NO3P/c1-14(20)19-17(18(21)22-2)13-23(15-9-5-3-6-10-15)16-11-7-4-8-12-16/h3-12,17H,13H2,1-2H3,(H,19,20)/t17-/m0/s1. The summed E-state index contributed by atoms with van der Waals surface area (Å²) in [6.07, 6.45) is 0.510. The maximum atomic E-state index is 12.0. The van der Waals surface area contributed by atoms with Gasteiger partial charge in [0.2, 0.25) is 5.91 Å². The number of carbonyl (C=O) groups is 2. The van der Waals surface area contributed by atoms with Crippen molar-refractivity contribution < 1.29 is 14.3 Å². The van der Waals surface area contributed by atoms with Crippen LogP contribution in [0.1, 0.15) is 6.92 Å². The second-order valence-electron chi connectivity index (χ2n) is 5.06. The quantitative estimate of drug-likeness (QED) is 0.649. The summed E-state index contributed by atoms with van der Waals surface area (Å²) in [4.78, 5) is 23.4. The molecule has 0 aliphatic carbocycles. The van der Waals surface area contributed by atoms with E-state index < -0.39 is 19.9 Å². The SMILES string of the molecule is COC(=O)[C@H](CP(c1ccccc1)c1ccccc1)NC(C)=O. The first-order valence-electron chi connectivity index (χ1n) is 7.34. The third-order valence-corrected chi connectivity index (χ3v) is 5.94. The fraction of sp³-hybridized carbons (Fsp3) is 0.222. The van der Waals surface area contributed by atoms with Crippen molar-refractivity contribution in [2.45, 2.75) is 13.0 Å². The second-order valence-corrected chi connectivity index (χ2v) is 7.31. The lowest BCUT2D eigenvalue weighted by atomic mass is 10.3. The first-order chi connectivity index (χ1) is 11.1. The van der Waals surface area contributed by atoms with Gasteiger partial charge in [-0.15, -0.1) is 0 Å². The maximum absolute atomic E-state index is 12.0. The minimum atomic E-state index is -0.775. The van der Waals surface area contributed by atoms with Gasteiger partial charge in [0.1, 0.15) is 6.04 Å². The minimum Gasteiger partial charge on any atom is -0.467 e. The Morgan fingerprint density at radius 2 is 1.48 bits per heavy atom. The fourth-order valence-corrected chi connectivity index (χ4v) is 4.71. The zero-order chi connectivity index (χ0) is 16.7. The van der Waals surface area contributed by atoms with Gasteiger partial charge >= 0.3 is 5.97 Å². The van der Waals surface area contributed by atoms with Crippen molar-refractivity contribution in [2.75, 3.05) is 13.3 Å². The molecule has 0 bridgehead atoms. The Morgan fingerprint density at radius 3 is 1.87 bits per heavy atom. The van der Waals surface area contributed by atoms with Gasteiger partial charge in [-0.25, -0.2) is 4.79 Å². The summed E-state index contributed by atoms with van der Waals surface area (Å²) in [7, 11) is 0.563. The van der Waals surface area contributed by atoms with Crippen LogP contribution in [0.3, 0.4) is 0 Å². The molecule has 0 radical (unpaired) electrons. The predicted octanol–water partition coefficient (Wildman–Crippen LogP) is 1.80. The molecule has 0 spiro atoms. The normalized spacial score (nSPS) is 11.8. The van der Waals surface area contributed by atoms with Crippen LogP contribution in [0, 0.1) is 0 Å². The zero-order valence-corrected chi connectivity index (χ0v) is 14.1. The number of rotatable bonds is 6. The molecule has 0 fully saturated rings. The number of hydrogen-bond acceptors (Lipinski definition) is 3. The van der Waals surface area contributed by atoms with E-state index in [0.717, 1.165) is 10.6 Å². The fourth-order valence-electron chi connectivity index (χ4n) is 2.33. The molecule has 0 aromatic heterocycles. The molecular formula is C18H20NO3P. The Kier molecular flexibility index (Phi) is 6.30. The van der Waals surface area contributed by atoms with Crippen molar-refractivity contribution in [3.05, 3.63) is 60.7 Å². The minimum absolute atomic E-state index is 0.239. The Morgan fingerprint density at radius 1 is 1.00 bits per heavy atom. The summed E-state index contributed by atoms with van der Waals surface area (Å²) in [5.41, 5.74) is 0. The van der Waals surface area contributed by atoms with Gasteiger partial charge in [-0.3, -0.25) is 4.79 Å². The number of methoxy groups -OCH3 is 1. The Bertz CT molecular complexity index is 606. The lowest BCUT2D eigenvalue weighted by molar-refractivity contribution is -0.144. The molecule has 0 heterocycles. The molecule has 0 aliphatic rings. The van der Waals surface area contributed by atoms with Crippen LogP contribution >= 0.6 is 7.92 Å². The topological polar surface area (TPSA) is 55.4 Å². The molecule has 1 atom stereocenters. The van der Waals surface area contributed by atoms with E-state index in [1.165, 1.54) is 14.0 Å². The molecule has 1 N–H and O–H groups in total. The van der Waals surface area contributed by atoms with Crippen LogP contribution in [-0.4, -0.2) is 31.2 Å². The van der Waals surface area contributed by atoms with Crippen LogP contribution in [0.25, 0.3) is 0 Å². The van der Waals surface area contributed by atoms with Gasteiger partial charge in [0, 0.05) is 13.1 Å². The molecular weight excluding hydrogens is 309 g/mol. The molecule has 2 aromatic carbocycles. The third-order valence-electron chi connectivity index (χ3n) is 3.36. The molecule has 5 heteroatoms. The average molecular weight is 329 g/mol. The van der Waals surface area contributed by atoms with Crippen molar-refractivity contribution >= 4 is 30.4 Å². The van der Waals surface area contributed by atoms with E-state index in [9.17, 15) is 9.59 Å². The number of nitrogens with one attached hydrogen (secondary N) is 1. The molecule has 1 amide bonds. The van der Waals surface area contributed by atoms with Crippen molar-refractivity contribution in [1.29, 1.82) is 0 Å². The van der Waals surface area contributed by atoms with E-state index in [4.69, 9.17) is 4.74 Å². The van der Waals surface area contributed by atoms with Crippen molar-refractivity contribution in [3.8, 4) is 0 Å². The van der Waals surface area contributed by atoms with Gasteiger partial charge < -0.3 is 10.1 Å². The summed E-state index contributed by atoms with van der Waals surface area (Å²) < 4.78 is 4.84. The van der Waals surface area contributed by atoms with Crippen LogP contribution < -0.4 is 15.9 Å². The lowest BCUT2D eigenvalue weighted by Crippen LogP contribution is -2.43. The van der Waals surface area contributed by atoms with E-state index in [1.54, 1.807) is 0 Å². The van der Waals surface area contributed by atoms with Crippen molar-refractivity contribution in [3.63, 3.8) is 0 Å². The van der Waals surface area contributed by atoms with Crippen molar-refractivity contribution in [1.82, 2.24) is 5.32 Å². The monoisotopic (exact) mass is 329 g/mol. The number of carbonyl (C=O) groups excluding carboxylic acids is 2. The first kappa shape index (κ1) is 17.2. The molecule has 4 nitrogen and oxygen atoms in total. The van der Waals surface area contributed by atoms with Gasteiger partial charge in [0.25, 0.3) is 0 Å². The maximum Gasteiger partial charge on any atom is 0.328 e. The van der Waals surface area contributed by atoms with Gasteiger partial charge in [0.05, 0.1) is 7.11 Å². The van der Waals surface area contributed by atoms with E-state index in [2.05, 4.69) is 29.6 Å². The molecule has 0 saturated heterocycles. The van der Waals surface area contributed by atoms with E-state index in [1.807, 2.05) is 36.4 Å². The average Bonchev–Trinajstić information content (AvgIpc) is 2.59. The second kappa shape index (κ2) is 8.44. The Labute approximate surface area is 137 Å². The van der Waals surface area contributed by atoms with Crippen LogP contribution in [0.2, 0.25) is 0 Å². The number of benzene rings is 2. The lowest BCUT2D eigenvalue weighted by Gasteiger charge is -2.24. The summed E-state index contributed by atoms with van der Waals surface area (Å²) in [6, 6.07) is 19.4. The summed E-state index contributed by atoms with van der Waals surface area (Å²) >= 11 is 0. The molecule has 0 unspecified atom stereocenters. The Hall–Kier alpha value is -2.19. The Balaban J connectivity index is 2.33. The van der Waals surface area contributed by atoms with Gasteiger partial charge in [-0.1, -0.05) is 60.7 Å². The number of ether oxygens (including phenoxy) is 1. The summed E-state index contributed by atoms with van der Waals surface area (Å²) in [5.74, 6) is -0.656. The van der Waals surface area contributed by atoms with E-state index in [-0.39, 0.29) is 5.91 Å². The molecule has 0 saturated carbocycles. The summed E-state index contributed by atoms with van der Waals surface area (Å²) in [6.45, 7) is 1.41. The number of amides is 1. The predicted molar refractivity (Wildman–Crippen MR) is 93.6 cm³/mol. The van der Waals surface area contributed by atoms with E-state index in [0.29, 0.717) is 6.16 Å². The van der Waals surface area contributed by atoms with Crippen molar-refractivity contribution in [2.24, 2.45) is 0 Å². The van der Waals surface area contributed by atoms with Crippen LogP contribution in [0.4, 0.5) is 0 Å². The number of esters is 1. The molecule has 0 aliphatic heterocycles. The van der Waals surface area contributed by atoms with Crippen LogP contribution in [0.5, 0.6) is 0 Å². The highest BCUT2D eigenvalue weighted by Crippen LogP contribution is 2.34. The highest BCUT2D eigenvalue weighted by atomic mass is 31.1. The smallest absolute Gasteiger partial charge is 0.328 e. The van der Waals surface area contributed by atoms with Gasteiger partial charge in [-0.05, 0) is 18.5 Å². The highest BCUT2D eigenvalue weighted by Gasteiger charge is 2.26. The van der Waals surface area contributed by atoms with Crippen LogP contribution in [0.15, 0.2) is 60.7 Å². The van der Waals surface area contributed by atoms with Crippen LogP contribution in [-0.2, 0) is 14.3 Å². The number of hydrogen-bond donors (Lipinski definition) is 1. The van der Waals surface area contributed by atoms with Gasteiger partial charge in [0.15, 0.2) is 0 Å².